The smallest absolute Gasteiger partial charge is 0.359 e. The Hall–Kier alpha value is -0.920. The van der Waals surface area contributed by atoms with Crippen molar-refractivity contribution in [3.8, 4) is 0 Å². The summed E-state index contributed by atoms with van der Waals surface area (Å²) in [7, 11) is -1.58. The van der Waals surface area contributed by atoms with E-state index < -0.39 is 10.4 Å². The Bertz CT molecular complexity index is 449. The van der Waals surface area contributed by atoms with Crippen molar-refractivity contribution in [1.29, 1.82) is 0 Å². The first kappa shape index (κ1) is 28.3. The summed E-state index contributed by atoms with van der Waals surface area (Å²) in [5.41, 5.74) is 0. The summed E-state index contributed by atoms with van der Waals surface area (Å²) in [4.78, 5) is 11.0. The second-order valence-electron chi connectivity index (χ2n) is 6.60. The van der Waals surface area contributed by atoms with Gasteiger partial charge in [-0.1, -0.05) is 70.4 Å². The van der Waals surface area contributed by atoms with E-state index in [4.69, 9.17) is 4.55 Å². The molecule has 162 valence electrons. The molecular formula is C20H41NO5S. The van der Waals surface area contributed by atoms with E-state index in [0.717, 1.165) is 13.5 Å². The van der Waals surface area contributed by atoms with Gasteiger partial charge in [-0.15, -0.1) is 0 Å². The minimum atomic E-state index is -4.16. The van der Waals surface area contributed by atoms with Gasteiger partial charge in [-0.05, 0) is 32.1 Å². The number of carbonyl (C=O) groups is 1. The van der Waals surface area contributed by atoms with Crippen LogP contribution in [-0.4, -0.2) is 33.0 Å². The standard InChI is InChI=1S/C19H37NO.CH4O4S/c1-3-4-5-6-7-8-9-10-11-12-13-14-15-16-17-18-19(21)20-2;1-5-6(2,3)4/h10-11H,3-9,12-18H2,1-2H3,(H,20,21);1H3,(H,2,3,4)/b11-10-;. The number of hydrogen-bond donors (Lipinski definition) is 2. The largest absolute Gasteiger partial charge is 0.397 e. The first-order valence-electron chi connectivity index (χ1n) is 10.3. The summed E-state index contributed by atoms with van der Waals surface area (Å²) in [6, 6.07) is 0. The summed E-state index contributed by atoms with van der Waals surface area (Å²) in [6.45, 7) is 2.27. The quantitative estimate of drug-likeness (QED) is 0.208. The lowest BCUT2D eigenvalue weighted by Crippen LogP contribution is -2.16. The van der Waals surface area contributed by atoms with Gasteiger partial charge in [0.15, 0.2) is 0 Å². The second-order valence-corrected chi connectivity index (χ2v) is 7.79. The fourth-order valence-electron chi connectivity index (χ4n) is 2.48. The molecule has 0 aromatic carbocycles. The van der Waals surface area contributed by atoms with Gasteiger partial charge in [0.05, 0.1) is 7.11 Å². The van der Waals surface area contributed by atoms with Crippen molar-refractivity contribution >= 4 is 16.3 Å². The van der Waals surface area contributed by atoms with E-state index >= 15 is 0 Å². The number of rotatable bonds is 16. The molecule has 0 bridgehead atoms. The highest BCUT2D eigenvalue weighted by Gasteiger charge is 1.96. The van der Waals surface area contributed by atoms with Gasteiger partial charge in [0.25, 0.3) is 0 Å². The molecule has 0 aliphatic heterocycles. The molecule has 27 heavy (non-hydrogen) atoms. The lowest BCUT2D eigenvalue weighted by Gasteiger charge is -2.00. The van der Waals surface area contributed by atoms with Crippen molar-refractivity contribution in [3.63, 3.8) is 0 Å². The molecule has 7 heteroatoms. The van der Waals surface area contributed by atoms with Crippen molar-refractivity contribution < 1.29 is 21.9 Å². The number of amides is 1. The van der Waals surface area contributed by atoms with E-state index in [1.165, 1.54) is 77.0 Å². The van der Waals surface area contributed by atoms with Crippen LogP contribution < -0.4 is 5.32 Å². The molecular weight excluding hydrogens is 366 g/mol. The number of allylic oxidation sites excluding steroid dienone is 2. The van der Waals surface area contributed by atoms with Crippen LogP contribution in [0.3, 0.4) is 0 Å². The molecule has 0 spiro atoms. The van der Waals surface area contributed by atoms with Crippen LogP contribution in [0.5, 0.6) is 0 Å². The number of hydrogen-bond acceptors (Lipinski definition) is 4. The van der Waals surface area contributed by atoms with Gasteiger partial charge in [0.1, 0.15) is 0 Å². The molecule has 0 unspecified atom stereocenters. The first-order valence-corrected chi connectivity index (χ1v) is 11.6. The fraction of sp³-hybridized carbons (Fsp3) is 0.850. The average Bonchev–Trinajstić information content (AvgIpc) is 2.64. The zero-order chi connectivity index (χ0) is 20.8. The van der Waals surface area contributed by atoms with Crippen LogP contribution in [0.1, 0.15) is 96.8 Å². The minimum Gasteiger partial charge on any atom is -0.359 e. The Morgan fingerprint density at radius 3 is 1.70 bits per heavy atom. The highest BCUT2D eigenvalue weighted by molar-refractivity contribution is 7.80. The normalized spacial score (nSPS) is 11.3. The van der Waals surface area contributed by atoms with Gasteiger partial charge in [-0.2, -0.15) is 8.42 Å². The van der Waals surface area contributed by atoms with E-state index in [1.54, 1.807) is 7.05 Å². The molecule has 0 aromatic rings. The fourth-order valence-corrected chi connectivity index (χ4v) is 2.48. The molecule has 0 aliphatic rings. The monoisotopic (exact) mass is 407 g/mol. The second kappa shape index (κ2) is 21.4. The van der Waals surface area contributed by atoms with Crippen LogP contribution >= 0.6 is 0 Å². The van der Waals surface area contributed by atoms with Crippen LogP contribution in [0, 0.1) is 0 Å². The van der Waals surface area contributed by atoms with Gasteiger partial charge in [0, 0.05) is 13.5 Å². The molecule has 6 nitrogen and oxygen atoms in total. The zero-order valence-corrected chi connectivity index (χ0v) is 18.4. The van der Waals surface area contributed by atoms with E-state index in [1.807, 2.05) is 0 Å². The van der Waals surface area contributed by atoms with Crippen LogP contribution in [0.4, 0.5) is 0 Å². The Labute approximate surface area is 167 Å². The van der Waals surface area contributed by atoms with Gasteiger partial charge in [-0.25, -0.2) is 0 Å². The maximum Gasteiger partial charge on any atom is 0.397 e. The molecule has 0 radical (unpaired) electrons. The minimum absolute atomic E-state index is 0.174. The predicted octanol–water partition coefficient (Wildman–Crippen LogP) is 5.21. The summed E-state index contributed by atoms with van der Waals surface area (Å²) in [6.07, 6.45) is 22.3. The van der Waals surface area contributed by atoms with Crippen molar-refractivity contribution in [2.24, 2.45) is 0 Å². The molecule has 0 aliphatic carbocycles. The van der Waals surface area contributed by atoms with Gasteiger partial charge in [-0.3, -0.25) is 13.5 Å². The van der Waals surface area contributed by atoms with Crippen molar-refractivity contribution in [2.45, 2.75) is 96.8 Å². The van der Waals surface area contributed by atoms with Crippen LogP contribution in [-0.2, 0) is 19.4 Å². The first-order chi connectivity index (χ1) is 12.9. The topological polar surface area (TPSA) is 92.7 Å². The van der Waals surface area contributed by atoms with Crippen LogP contribution in [0.2, 0.25) is 0 Å². The molecule has 0 aromatic heterocycles. The van der Waals surface area contributed by atoms with Gasteiger partial charge >= 0.3 is 10.4 Å². The lowest BCUT2D eigenvalue weighted by molar-refractivity contribution is -0.120. The Balaban J connectivity index is 0. The maximum atomic E-state index is 11.0. The van der Waals surface area contributed by atoms with Crippen LogP contribution in [0.25, 0.3) is 0 Å². The molecule has 0 saturated heterocycles. The molecule has 0 fully saturated rings. The van der Waals surface area contributed by atoms with Gasteiger partial charge < -0.3 is 5.32 Å². The third-order valence-electron chi connectivity index (χ3n) is 4.16. The Morgan fingerprint density at radius 1 is 0.889 bits per heavy atom. The SMILES string of the molecule is CCCCCCCC/C=C\CCCCCCCC(=O)NC.COS(=O)(=O)O. The number of unbranched alkanes of at least 4 members (excludes halogenated alkanes) is 11. The molecule has 1 amide bonds. The van der Waals surface area contributed by atoms with Crippen molar-refractivity contribution in [2.75, 3.05) is 14.2 Å². The summed E-state index contributed by atoms with van der Waals surface area (Å²) < 4.78 is 29.7. The van der Waals surface area contributed by atoms with Crippen molar-refractivity contribution in [1.82, 2.24) is 5.32 Å². The molecule has 0 saturated carbocycles. The maximum absolute atomic E-state index is 11.0. The molecule has 0 atom stereocenters. The summed E-state index contributed by atoms with van der Waals surface area (Å²) in [5, 5.41) is 2.67. The summed E-state index contributed by atoms with van der Waals surface area (Å²) in [5.74, 6) is 0.174. The molecule has 0 rings (SSSR count). The lowest BCUT2D eigenvalue weighted by atomic mass is 10.1. The van der Waals surface area contributed by atoms with E-state index in [9.17, 15) is 13.2 Å². The molecule has 2 N–H and O–H groups in total. The summed E-state index contributed by atoms with van der Waals surface area (Å²) >= 11 is 0. The zero-order valence-electron chi connectivity index (χ0n) is 17.5. The Kier molecular flexibility index (Phi) is 22.4. The average molecular weight is 408 g/mol. The van der Waals surface area contributed by atoms with Crippen LogP contribution in [0.15, 0.2) is 12.2 Å². The number of nitrogens with one attached hydrogen (secondary N) is 1. The van der Waals surface area contributed by atoms with Gasteiger partial charge in [0.2, 0.25) is 5.91 Å². The van der Waals surface area contributed by atoms with E-state index in [2.05, 4.69) is 28.6 Å². The number of carbonyl (C=O) groups excluding carboxylic acids is 1. The van der Waals surface area contributed by atoms with E-state index in [0.29, 0.717) is 6.42 Å². The highest BCUT2D eigenvalue weighted by Crippen LogP contribution is 2.09. The van der Waals surface area contributed by atoms with E-state index in [-0.39, 0.29) is 5.91 Å². The third kappa shape index (κ3) is 30.1. The third-order valence-corrected chi connectivity index (χ3v) is 4.58. The Morgan fingerprint density at radius 2 is 1.30 bits per heavy atom. The predicted molar refractivity (Wildman–Crippen MR) is 112 cm³/mol. The molecule has 0 heterocycles. The van der Waals surface area contributed by atoms with Crippen molar-refractivity contribution in [3.05, 3.63) is 12.2 Å². The highest BCUT2D eigenvalue weighted by atomic mass is 32.3.